The van der Waals surface area contributed by atoms with Crippen molar-refractivity contribution in [1.29, 1.82) is 0 Å². The minimum Gasteiger partial charge on any atom is -0.298 e. The molecule has 4 fully saturated rings. The van der Waals surface area contributed by atoms with Gasteiger partial charge in [-0.15, -0.1) is 0 Å². The zero-order chi connectivity index (χ0) is 8.18. The van der Waals surface area contributed by atoms with E-state index < -0.39 is 0 Å². The second-order valence-corrected chi connectivity index (χ2v) is 5.22. The Balaban J connectivity index is 1.90. The molecule has 4 rings (SSSR count). The van der Waals surface area contributed by atoms with Crippen LogP contribution in [0.4, 0.5) is 0 Å². The second kappa shape index (κ2) is 2.24. The molecule has 0 aromatic carbocycles. The molecule has 2 nitrogen and oxygen atoms in total. The van der Waals surface area contributed by atoms with Gasteiger partial charge in [0.05, 0.1) is 5.60 Å². The summed E-state index contributed by atoms with van der Waals surface area (Å²) >= 11 is 0. The molecule has 2 heteroatoms. The van der Waals surface area contributed by atoms with Gasteiger partial charge in [0.2, 0.25) is 0 Å². The van der Waals surface area contributed by atoms with Crippen LogP contribution in [0.3, 0.4) is 0 Å². The van der Waals surface area contributed by atoms with Crippen molar-refractivity contribution < 1.29 is 4.84 Å². The number of hydrogen-bond donors (Lipinski definition) is 1. The molecule has 0 amide bonds. The Morgan fingerprint density at radius 3 is 1.67 bits per heavy atom. The molecule has 0 spiro atoms. The lowest BCUT2D eigenvalue weighted by Crippen LogP contribution is -2.53. The van der Waals surface area contributed by atoms with Crippen LogP contribution in [-0.2, 0) is 4.84 Å². The van der Waals surface area contributed by atoms with E-state index in [9.17, 15) is 0 Å². The van der Waals surface area contributed by atoms with Crippen molar-refractivity contribution in [3.8, 4) is 0 Å². The van der Waals surface area contributed by atoms with Crippen molar-refractivity contribution in [1.82, 2.24) is 0 Å². The molecule has 4 aliphatic carbocycles. The lowest BCUT2D eigenvalue weighted by Gasteiger charge is -2.55. The van der Waals surface area contributed by atoms with Gasteiger partial charge in [-0.05, 0) is 56.3 Å². The van der Waals surface area contributed by atoms with Gasteiger partial charge in [0.1, 0.15) is 0 Å². The SMILES string of the molecule is NOC12CC3CC(CC(C3)C1)C2. The van der Waals surface area contributed by atoms with Gasteiger partial charge >= 0.3 is 0 Å². The molecule has 2 N–H and O–H groups in total. The first-order valence-electron chi connectivity index (χ1n) is 5.17. The van der Waals surface area contributed by atoms with Crippen LogP contribution >= 0.6 is 0 Å². The monoisotopic (exact) mass is 167 g/mol. The maximum absolute atomic E-state index is 5.43. The summed E-state index contributed by atoms with van der Waals surface area (Å²) in [5.41, 5.74) is 0.120. The van der Waals surface area contributed by atoms with Crippen LogP contribution in [0.1, 0.15) is 38.5 Å². The molecule has 0 unspecified atom stereocenters. The number of hydrogen-bond acceptors (Lipinski definition) is 2. The summed E-state index contributed by atoms with van der Waals surface area (Å²) < 4.78 is 0. The molecule has 4 aliphatic rings. The Kier molecular flexibility index (Phi) is 1.37. The van der Waals surface area contributed by atoms with Gasteiger partial charge in [0.25, 0.3) is 0 Å². The first kappa shape index (κ1) is 7.34. The van der Waals surface area contributed by atoms with E-state index in [1.807, 2.05) is 0 Å². The fourth-order valence-electron chi connectivity index (χ4n) is 4.18. The summed E-state index contributed by atoms with van der Waals surface area (Å²) in [5, 5.41) is 0. The van der Waals surface area contributed by atoms with Crippen LogP contribution in [0.15, 0.2) is 0 Å². The first-order chi connectivity index (χ1) is 5.80. The van der Waals surface area contributed by atoms with E-state index in [2.05, 4.69) is 0 Å². The van der Waals surface area contributed by atoms with E-state index in [1.54, 1.807) is 0 Å². The van der Waals surface area contributed by atoms with Crippen molar-refractivity contribution in [3.63, 3.8) is 0 Å². The van der Waals surface area contributed by atoms with E-state index >= 15 is 0 Å². The Morgan fingerprint density at radius 1 is 0.917 bits per heavy atom. The zero-order valence-corrected chi connectivity index (χ0v) is 7.46. The van der Waals surface area contributed by atoms with Gasteiger partial charge in [-0.1, -0.05) is 0 Å². The van der Waals surface area contributed by atoms with Gasteiger partial charge in [-0.3, -0.25) is 4.84 Å². The van der Waals surface area contributed by atoms with Crippen LogP contribution in [-0.4, -0.2) is 5.60 Å². The van der Waals surface area contributed by atoms with Crippen LogP contribution in [0.25, 0.3) is 0 Å². The fourth-order valence-corrected chi connectivity index (χ4v) is 4.18. The summed E-state index contributed by atoms with van der Waals surface area (Å²) in [5.74, 6) is 8.26. The quantitative estimate of drug-likeness (QED) is 0.605. The third-order valence-corrected chi connectivity index (χ3v) is 4.23. The lowest BCUT2D eigenvalue weighted by molar-refractivity contribution is -0.164. The molecular weight excluding hydrogens is 150 g/mol. The van der Waals surface area contributed by atoms with E-state index in [-0.39, 0.29) is 5.60 Å². The molecule has 0 atom stereocenters. The Labute approximate surface area is 73.4 Å². The Morgan fingerprint density at radius 2 is 1.33 bits per heavy atom. The van der Waals surface area contributed by atoms with Crippen LogP contribution in [0, 0.1) is 17.8 Å². The molecule has 0 aliphatic heterocycles. The molecule has 0 heterocycles. The van der Waals surface area contributed by atoms with Crippen molar-refractivity contribution in [2.45, 2.75) is 44.1 Å². The highest BCUT2D eigenvalue weighted by Gasteiger charge is 2.51. The van der Waals surface area contributed by atoms with Crippen LogP contribution in [0.2, 0.25) is 0 Å². The van der Waals surface area contributed by atoms with Crippen LogP contribution < -0.4 is 5.90 Å². The summed E-state index contributed by atoms with van der Waals surface area (Å²) in [4.78, 5) is 5.25. The van der Waals surface area contributed by atoms with E-state index in [0.717, 1.165) is 17.8 Å². The second-order valence-electron chi connectivity index (χ2n) is 5.22. The predicted octanol–water partition coefficient (Wildman–Crippen LogP) is 1.85. The minimum atomic E-state index is 0.120. The van der Waals surface area contributed by atoms with E-state index in [1.165, 1.54) is 38.5 Å². The Hall–Kier alpha value is -0.0800. The standard InChI is InChI=1S/C10H17NO/c11-12-10-4-7-1-8(5-10)3-9(2-7)6-10/h7-9H,1-6,11H2. The third-order valence-electron chi connectivity index (χ3n) is 4.23. The molecule has 0 saturated heterocycles. The van der Waals surface area contributed by atoms with Gasteiger partial charge in [0, 0.05) is 0 Å². The fraction of sp³-hybridized carbons (Fsp3) is 1.00. The zero-order valence-electron chi connectivity index (χ0n) is 7.46. The highest BCUT2D eigenvalue weighted by molar-refractivity contribution is 5.02. The molecule has 0 aromatic rings. The molecule has 0 aromatic heterocycles. The molecule has 4 saturated carbocycles. The van der Waals surface area contributed by atoms with E-state index in [4.69, 9.17) is 10.7 Å². The molecular formula is C10H17NO. The molecule has 12 heavy (non-hydrogen) atoms. The van der Waals surface area contributed by atoms with Gasteiger partial charge in [-0.25, -0.2) is 5.90 Å². The highest BCUT2D eigenvalue weighted by atomic mass is 16.6. The van der Waals surface area contributed by atoms with Crippen molar-refractivity contribution >= 4 is 0 Å². The molecule has 0 radical (unpaired) electrons. The van der Waals surface area contributed by atoms with Gasteiger partial charge in [0.15, 0.2) is 0 Å². The molecule has 4 bridgehead atoms. The third kappa shape index (κ3) is 0.882. The summed E-state index contributed by atoms with van der Waals surface area (Å²) in [6, 6.07) is 0. The summed E-state index contributed by atoms with van der Waals surface area (Å²) in [6.07, 6.45) is 8.12. The summed E-state index contributed by atoms with van der Waals surface area (Å²) in [6.45, 7) is 0. The highest BCUT2D eigenvalue weighted by Crippen LogP contribution is 2.56. The van der Waals surface area contributed by atoms with Gasteiger partial charge in [-0.2, -0.15) is 0 Å². The van der Waals surface area contributed by atoms with Crippen molar-refractivity contribution in [2.24, 2.45) is 23.7 Å². The topological polar surface area (TPSA) is 35.2 Å². The minimum absolute atomic E-state index is 0.120. The maximum atomic E-state index is 5.43. The maximum Gasteiger partial charge on any atom is 0.0901 e. The largest absolute Gasteiger partial charge is 0.298 e. The number of nitrogens with two attached hydrogens (primary N) is 1. The average Bonchev–Trinajstić information content (AvgIpc) is 2.02. The van der Waals surface area contributed by atoms with Gasteiger partial charge < -0.3 is 0 Å². The summed E-state index contributed by atoms with van der Waals surface area (Å²) in [7, 11) is 0. The molecule has 68 valence electrons. The first-order valence-corrected chi connectivity index (χ1v) is 5.17. The van der Waals surface area contributed by atoms with Crippen molar-refractivity contribution in [2.75, 3.05) is 0 Å². The Bertz CT molecular complexity index is 167. The predicted molar refractivity (Wildman–Crippen MR) is 46.2 cm³/mol. The average molecular weight is 167 g/mol. The van der Waals surface area contributed by atoms with E-state index in [0.29, 0.717) is 0 Å². The lowest BCUT2D eigenvalue weighted by atomic mass is 9.54. The normalized spacial score (nSPS) is 56.2. The smallest absolute Gasteiger partial charge is 0.0901 e. The van der Waals surface area contributed by atoms with Crippen LogP contribution in [0.5, 0.6) is 0 Å². The number of rotatable bonds is 1. The van der Waals surface area contributed by atoms with Crippen molar-refractivity contribution in [3.05, 3.63) is 0 Å².